The predicted octanol–water partition coefficient (Wildman–Crippen LogP) is 4.03. The summed E-state index contributed by atoms with van der Waals surface area (Å²) >= 11 is 0. The summed E-state index contributed by atoms with van der Waals surface area (Å²) in [6.07, 6.45) is 2.34. The lowest BCUT2D eigenvalue weighted by Gasteiger charge is -2.32. The van der Waals surface area contributed by atoms with Gasteiger partial charge in [-0.1, -0.05) is 24.6 Å². The molecule has 6 heteroatoms. The summed E-state index contributed by atoms with van der Waals surface area (Å²) < 4.78 is 24.7. The van der Waals surface area contributed by atoms with Crippen LogP contribution in [0.2, 0.25) is 0 Å². The predicted molar refractivity (Wildman–Crippen MR) is 114 cm³/mol. The van der Waals surface area contributed by atoms with Gasteiger partial charge in [-0.15, -0.1) is 0 Å². The topological polar surface area (TPSA) is 66.5 Å². The molecular formula is C22H28N2O3S. The third-order valence-electron chi connectivity index (χ3n) is 5.28. The minimum atomic E-state index is -3.46. The number of amides is 1. The van der Waals surface area contributed by atoms with Crippen LogP contribution < -0.4 is 10.2 Å². The molecule has 3 rings (SSSR count). The van der Waals surface area contributed by atoms with E-state index in [9.17, 15) is 13.2 Å². The quantitative estimate of drug-likeness (QED) is 0.795. The molecule has 0 spiro atoms. The third kappa shape index (κ3) is 5.35. The highest BCUT2D eigenvalue weighted by molar-refractivity contribution is 7.91. The number of aryl methyl sites for hydroxylation is 1. The van der Waals surface area contributed by atoms with Crippen molar-refractivity contribution in [2.45, 2.75) is 38.0 Å². The van der Waals surface area contributed by atoms with E-state index in [1.54, 1.807) is 24.3 Å². The van der Waals surface area contributed by atoms with Gasteiger partial charge >= 0.3 is 0 Å². The van der Waals surface area contributed by atoms with Crippen molar-refractivity contribution in [2.75, 3.05) is 29.1 Å². The van der Waals surface area contributed by atoms with Crippen LogP contribution in [0.3, 0.4) is 0 Å². The van der Waals surface area contributed by atoms with Crippen molar-refractivity contribution < 1.29 is 13.2 Å². The smallest absolute Gasteiger partial charge is 0.225 e. The van der Waals surface area contributed by atoms with Crippen LogP contribution in [-0.4, -0.2) is 33.2 Å². The van der Waals surface area contributed by atoms with E-state index in [-0.39, 0.29) is 23.0 Å². The van der Waals surface area contributed by atoms with Gasteiger partial charge in [-0.3, -0.25) is 4.79 Å². The van der Waals surface area contributed by atoms with E-state index in [2.05, 4.69) is 17.1 Å². The van der Waals surface area contributed by atoms with Crippen molar-refractivity contribution >= 4 is 27.1 Å². The van der Waals surface area contributed by atoms with Crippen molar-refractivity contribution in [3.05, 3.63) is 54.1 Å². The number of hydrogen-bond donors (Lipinski definition) is 1. The van der Waals surface area contributed by atoms with Crippen molar-refractivity contribution in [1.29, 1.82) is 0 Å². The zero-order valence-corrected chi connectivity index (χ0v) is 17.3. The van der Waals surface area contributed by atoms with Gasteiger partial charge in [-0.05, 0) is 62.1 Å². The lowest BCUT2D eigenvalue weighted by molar-refractivity contribution is -0.115. The second-order valence-electron chi connectivity index (χ2n) is 7.65. The fourth-order valence-corrected chi connectivity index (χ4v) is 4.58. The van der Waals surface area contributed by atoms with Gasteiger partial charge in [0.05, 0.1) is 10.6 Å². The summed E-state index contributed by atoms with van der Waals surface area (Å²) in [5.74, 6) is 0.285. The molecule has 0 atom stereocenters. The van der Waals surface area contributed by atoms with Gasteiger partial charge in [0, 0.05) is 30.9 Å². The number of carbonyl (C=O) groups excluding carboxylic acids is 1. The molecule has 1 aliphatic rings. The average Bonchev–Trinajstić information content (AvgIpc) is 2.68. The number of nitrogens with zero attached hydrogens (tertiary/aromatic N) is 1. The molecule has 2 aromatic carbocycles. The number of sulfone groups is 1. The highest BCUT2D eigenvalue weighted by Crippen LogP contribution is 2.24. The summed E-state index contributed by atoms with van der Waals surface area (Å²) in [7, 11) is -3.46. The molecule has 1 amide bonds. The first-order chi connectivity index (χ1) is 13.3. The fourth-order valence-electron chi connectivity index (χ4n) is 3.34. The van der Waals surface area contributed by atoms with Gasteiger partial charge in [0.15, 0.2) is 9.84 Å². The zero-order chi connectivity index (χ0) is 20.1. The Labute approximate surface area is 167 Å². The molecule has 5 nitrogen and oxygen atoms in total. The third-order valence-corrected chi connectivity index (χ3v) is 7.01. The number of anilines is 2. The Balaban J connectivity index is 1.52. The monoisotopic (exact) mass is 400 g/mol. The number of nitrogens with one attached hydrogen (secondary N) is 1. The van der Waals surface area contributed by atoms with Crippen LogP contribution in [0.1, 0.15) is 31.7 Å². The van der Waals surface area contributed by atoms with Gasteiger partial charge in [0.2, 0.25) is 5.91 Å². The number of benzene rings is 2. The first-order valence-electron chi connectivity index (χ1n) is 9.78. The molecule has 0 bridgehead atoms. The fraction of sp³-hybridized carbons (Fsp3) is 0.409. The van der Waals surface area contributed by atoms with E-state index >= 15 is 0 Å². The standard InChI is InChI=1S/C22H28N2O3S/c1-17-3-9-21(10-4-17)28(26,27)16-13-22(25)23-19-5-7-20(8-6-19)24-14-11-18(2)12-15-24/h3-10,18H,11-16H2,1-2H3,(H,23,25). The highest BCUT2D eigenvalue weighted by atomic mass is 32.2. The summed E-state index contributed by atoms with van der Waals surface area (Å²) in [4.78, 5) is 14.8. The normalized spacial score (nSPS) is 15.4. The number of piperidine rings is 1. The van der Waals surface area contributed by atoms with Crippen LogP contribution in [0.25, 0.3) is 0 Å². The van der Waals surface area contributed by atoms with E-state index < -0.39 is 9.84 Å². The van der Waals surface area contributed by atoms with Gasteiger partial charge in [0.1, 0.15) is 0 Å². The molecule has 150 valence electrons. The second kappa shape index (κ2) is 8.78. The van der Waals surface area contributed by atoms with E-state index in [0.29, 0.717) is 5.69 Å². The van der Waals surface area contributed by atoms with E-state index in [1.165, 1.54) is 12.8 Å². The average molecular weight is 401 g/mol. The maximum absolute atomic E-state index is 12.4. The molecule has 1 fully saturated rings. The molecule has 1 N–H and O–H groups in total. The van der Waals surface area contributed by atoms with Crippen molar-refractivity contribution in [1.82, 2.24) is 0 Å². The Bertz CT molecular complexity index is 898. The zero-order valence-electron chi connectivity index (χ0n) is 16.5. The lowest BCUT2D eigenvalue weighted by atomic mass is 9.99. The molecule has 0 aromatic heterocycles. The lowest BCUT2D eigenvalue weighted by Crippen LogP contribution is -2.32. The maximum atomic E-state index is 12.4. The summed E-state index contributed by atoms with van der Waals surface area (Å²) in [5.41, 5.74) is 2.85. The maximum Gasteiger partial charge on any atom is 0.225 e. The first kappa shape index (κ1) is 20.4. The molecule has 2 aromatic rings. The minimum Gasteiger partial charge on any atom is -0.372 e. The van der Waals surface area contributed by atoms with Crippen molar-refractivity contribution in [2.24, 2.45) is 5.92 Å². The Morgan fingerprint density at radius 2 is 1.64 bits per heavy atom. The molecule has 1 aliphatic heterocycles. The van der Waals surface area contributed by atoms with E-state index in [1.807, 2.05) is 31.2 Å². The number of hydrogen-bond acceptors (Lipinski definition) is 4. The van der Waals surface area contributed by atoms with Crippen LogP contribution in [-0.2, 0) is 14.6 Å². The Kier molecular flexibility index (Phi) is 6.39. The molecule has 0 saturated carbocycles. The first-order valence-corrected chi connectivity index (χ1v) is 11.4. The van der Waals surface area contributed by atoms with Crippen molar-refractivity contribution in [3.63, 3.8) is 0 Å². The van der Waals surface area contributed by atoms with Gasteiger partial charge in [-0.25, -0.2) is 8.42 Å². The SMILES string of the molecule is Cc1ccc(S(=O)(=O)CCC(=O)Nc2ccc(N3CCC(C)CC3)cc2)cc1. The molecule has 0 unspecified atom stereocenters. The Morgan fingerprint density at radius 3 is 2.25 bits per heavy atom. The van der Waals surface area contributed by atoms with E-state index in [0.717, 1.165) is 30.3 Å². The van der Waals surface area contributed by atoms with Crippen LogP contribution in [0.5, 0.6) is 0 Å². The summed E-state index contributed by atoms with van der Waals surface area (Å²) in [6, 6.07) is 14.5. The van der Waals surface area contributed by atoms with Crippen LogP contribution in [0.4, 0.5) is 11.4 Å². The molecule has 0 aliphatic carbocycles. The molecule has 28 heavy (non-hydrogen) atoms. The van der Waals surface area contributed by atoms with Gasteiger partial charge in [-0.2, -0.15) is 0 Å². The van der Waals surface area contributed by atoms with Gasteiger partial charge < -0.3 is 10.2 Å². The van der Waals surface area contributed by atoms with Crippen LogP contribution >= 0.6 is 0 Å². The molecular weight excluding hydrogens is 372 g/mol. The summed E-state index contributed by atoms with van der Waals surface area (Å²) in [6.45, 7) is 6.31. The minimum absolute atomic E-state index is 0.0675. The van der Waals surface area contributed by atoms with E-state index in [4.69, 9.17) is 0 Å². The Hall–Kier alpha value is -2.34. The van der Waals surface area contributed by atoms with Crippen LogP contribution in [0, 0.1) is 12.8 Å². The second-order valence-corrected chi connectivity index (χ2v) is 9.76. The summed E-state index contributed by atoms with van der Waals surface area (Å²) in [5, 5.41) is 2.79. The molecule has 1 saturated heterocycles. The van der Waals surface area contributed by atoms with Crippen molar-refractivity contribution in [3.8, 4) is 0 Å². The van der Waals surface area contributed by atoms with Crippen LogP contribution in [0.15, 0.2) is 53.4 Å². The largest absolute Gasteiger partial charge is 0.372 e. The molecule has 0 radical (unpaired) electrons. The number of carbonyl (C=O) groups is 1. The molecule has 1 heterocycles. The van der Waals surface area contributed by atoms with Gasteiger partial charge in [0.25, 0.3) is 0 Å². The highest BCUT2D eigenvalue weighted by Gasteiger charge is 2.17. The Morgan fingerprint density at radius 1 is 1.04 bits per heavy atom. The number of rotatable bonds is 6.